The second-order valence-electron chi connectivity index (χ2n) is 6.73. The van der Waals surface area contributed by atoms with E-state index in [1.807, 2.05) is 17.0 Å². The van der Waals surface area contributed by atoms with Gasteiger partial charge in [-0.2, -0.15) is 0 Å². The molecule has 5 nitrogen and oxygen atoms in total. The standard InChI is InChI=1S/C20H30N2O3/c1-2-3-4-13-25-18-7-5-17(6-8-18)19(23)9-10-20(24)22-12-11-16(14-21)15-22/h5-8,16H,2-4,9-15,21H2,1H3. The molecule has 0 spiro atoms. The molecule has 1 aromatic carbocycles. The third-order valence-electron chi connectivity index (χ3n) is 4.73. The second-order valence-corrected chi connectivity index (χ2v) is 6.73. The first-order valence-corrected chi connectivity index (χ1v) is 9.38. The first kappa shape index (κ1) is 19.4. The summed E-state index contributed by atoms with van der Waals surface area (Å²) < 4.78 is 5.65. The van der Waals surface area contributed by atoms with Crippen LogP contribution in [0.4, 0.5) is 0 Å². The molecule has 25 heavy (non-hydrogen) atoms. The van der Waals surface area contributed by atoms with Gasteiger partial charge in [-0.15, -0.1) is 0 Å². The molecule has 1 heterocycles. The van der Waals surface area contributed by atoms with Crippen molar-refractivity contribution in [2.24, 2.45) is 11.7 Å². The number of ether oxygens (including phenoxy) is 1. The number of nitrogens with zero attached hydrogens (tertiary/aromatic N) is 1. The fourth-order valence-electron chi connectivity index (χ4n) is 3.05. The van der Waals surface area contributed by atoms with Crippen molar-refractivity contribution >= 4 is 11.7 Å². The highest BCUT2D eigenvalue weighted by atomic mass is 16.5. The van der Waals surface area contributed by atoms with Crippen molar-refractivity contribution < 1.29 is 14.3 Å². The number of benzene rings is 1. The van der Waals surface area contributed by atoms with Gasteiger partial charge >= 0.3 is 0 Å². The van der Waals surface area contributed by atoms with Crippen LogP contribution in [0.5, 0.6) is 5.75 Å². The lowest BCUT2D eigenvalue weighted by Crippen LogP contribution is -2.30. The number of likely N-dealkylation sites (tertiary alicyclic amines) is 1. The zero-order chi connectivity index (χ0) is 18.1. The summed E-state index contributed by atoms with van der Waals surface area (Å²) in [6.45, 7) is 4.98. The zero-order valence-electron chi connectivity index (χ0n) is 15.2. The Morgan fingerprint density at radius 3 is 2.60 bits per heavy atom. The molecule has 1 aliphatic heterocycles. The highest BCUT2D eigenvalue weighted by Crippen LogP contribution is 2.18. The number of amides is 1. The van der Waals surface area contributed by atoms with Crippen molar-refractivity contribution in [1.29, 1.82) is 0 Å². The van der Waals surface area contributed by atoms with Crippen LogP contribution in [-0.2, 0) is 4.79 Å². The van der Waals surface area contributed by atoms with E-state index in [0.717, 1.165) is 38.1 Å². The van der Waals surface area contributed by atoms with Crippen LogP contribution in [0.25, 0.3) is 0 Å². The zero-order valence-corrected chi connectivity index (χ0v) is 15.2. The maximum absolute atomic E-state index is 12.3. The molecule has 1 aliphatic rings. The molecule has 0 saturated carbocycles. The molecule has 2 N–H and O–H groups in total. The number of hydrogen-bond donors (Lipinski definition) is 1. The molecule has 1 saturated heterocycles. The molecule has 0 aliphatic carbocycles. The van der Waals surface area contributed by atoms with E-state index in [1.54, 1.807) is 12.1 Å². The Kier molecular flexibility index (Phi) is 7.92. The van der Waals surface area contributed by atoms with Crippen LogP contribution in [-0.4, -0.2) is 42.8 Å². The molecule has 0 bridgehead atoms. The Labute approximate surface area is 150 Å². The summed E-state index contributed by atoms with van der Waals surface area (Å²) >= 11 is 0. The minimum Gasteiger partial charge on any atom is -0.494 e. The Morgan fingerprint density at radius 2 is 1.96 bits per heavy atom. The number of ketones is 1. The maximum Gasteiger partial charge on any atom is 0.223 e. The van der Waals surface area contributed by atoms with Gasteiger partial charge < -0.3 is 15.4 Å². The van der Waals surface area contributed by atoms with Crippen molar-refractivity contribution in [2.45, 2.75) is 45.4 Å². The second kappa shape index (κ2) is 10.2. The van der Waals surface area contributed by atoms with Crippen LogP contribution in [0.3, 0.4) is 0 Å². The van der Waals surface area contributed by atoms with E-state index < -0.39 is 0 Å². The lowest BCUT2D eigenvalue weighted by Gasteiger charge is -2.16. The predicted octanol–water partition coefficient (Wildman–Crippen LogP) is 3.03. The van der Waals surface area contributed by atoms with Crippen LogP contribution in [0.1, 0.15) is 55.8 Å². The number of Topliss-reactive ketones (excluding diaryl/α,β-unsaturated/α-hetero) is 1. The van der Waals surface area contributed by atoms with E-state index in [9.17, 15) is 9.59 Å². The Morgan fingerprint density at radius 1 is 1.20 bits per heavy atom. The SMILES string of the molecule is CCCCCOc1ccc(C(=O)CCC(=O)N2CCC(CN)C2)cc1. The van der Waals surface area contributed by atoms with Crippen molar-refractivity contribution in [2.75, 3.05) is 26.2 Å². The molecule has 1 aromatic rings. The summed E-state index contributed by atoms with van der Waals surface area (Å²) in [6.07, 6.45) is 4.86. The summed E-state index contributed by atoms with van der Waals surface area (Å²) in [5.41, 5.74) is 6.28. The fourth-order valence-corrected chi connectivity index (χ4v) is 3.05. The minimum absolute atomic E-state index is 0.000421. The van der Waals surface area contributed by atoms with Crippen LogP contribution < -0.4 is 10.5 Å². The molecule has 0 aromatic heterocycles. The van der Waals surface area contributed by atoms with Crippen LogP contribution in [0, 0.1) is 5.92 Å². The molecular formula is C20H30N2O3. The van der Waals surface area contributed by atoms with Gasteiger partial charge in [0.2, 0.25) is 5.91 Å². The summed E-state index contributed by atoms with van der Waals surface area (Å²) in [5.74, 6) is 1.25. The average Bonchev–Trinajstić information content (AvgIpc) is 3.13. The number of carbonyl (C=O) groups excluding carboxylic acids is 2. The van der Waals surface area contributed by atoms with E-state index in [-0.39, 0.29) is 24.5 Å². The van der Waals surface area contributed by atoms with E-state index in [1.165, 1.54) is 6.42 Å². The van der Waals surface area contributed by atoms with Crippen molar-refractivity contribution in [3.63, 3.8) is 0 Å². The Bertz CT molecular complexity index is 557. The van der Waals surface area contributed by atoms with Crippen molar-refractivity contribution in [3.8, 4) is 5.75 Å². The Balaban J connectivity index is 1.74. The van der Waals surface area contributed by atoms with E-state index in [2.05, 4.69) is 6.92 Å². The molecule has 1 unspecified atom stereocenters. The summed E-state index contributed by atoms with van der Waals surface area (Å²) in [4.78, 5) is 26.3. The number of unbranched alkanes of at least 4 members (excludes halogenated alkanes) is 2. The van der Waals surface area contributed by atoms with Gasteiger partial charge in [0, 0.05) is 31.5 Å². The number of nitrogens with two attached hydrogens (primary N) is 1. The number of hydrogen-bond acceptors (Lipinski definition) is 4. The normalized spacial score (nSPS) is 16.9. The topological polar surface area (TPSA) is 72.6 Å². The molecule has 0 radical (unpaired) electrons. The summed E-state index contributed by atoms with van der Waals surface area (Å²) in [7, 11) is 0. The number of rotatable bonds is 10. The van der Waals surface area contributed by atoms with E-state index in [4.69, 9.17) is 10.5 Å². The third-order valence-corrected chi connectivity index (χ3v) is 4.73. The molecule has 1 atom stereocenters. The van der Waals surface area contributed by atoms with Crippen molar-refractivity contribution in [3.05, 3.63) is 29.8 Å². The molecule has 138 valence electrons. The Hall–Kier alpha value is -1.88. The average molecular weight is 346 g/mol. The monoisotopic (exact) mass is 346 g/mol. The summed E-state index contributed by atoms with van der Waals surface area (Å²) in [6, 6.07) is 7.21. The largest absolute Gasteiger partial charge is 0.494 e. The van der Waals surface area contributed by atoms with Gasteiger partial charge in [0.15, 0.2) is 5.78 Å². The smallest absolute Gasteiger partial charge is 0.223 e. The van der Waals surface area contributed by atoms with Gasteiger partial charge in [0.1, 0.15) is 5.75 Å². The number of carbonyl (C=O) groups is 2. The van der Waals surface area contributed by atoms with Gasteiger partial charge in [-0.25, -0.2) is 0 Å². The van der Waals surface area contributed by atoms with Crippen molar-refractivity contribution in [1.82, 2.24) is 4.90 Å². The first-order valence-electron chi connectivity index (χ1n) is 9.38. The van der Waals surface area contributed by atoms with Crippen LogP contribution in [0.2, 0.25) is 0 Å². The van der Waals surface area contributed by atoms with Gasteiger partial charge in [-0.1, -0.05) is 19.8 Å². The highest BCUT2D eigenvalue weighted by molar-refractivity contribution is 5.98. The molecular weight excluding hydrogens is 316 g/mol. The van der Waals surface area contributed by atoms with Gasteiger partial charge in [-0.3, -0.25) is 9.59 Å². The first-order chi connectivity index (χ1) is 12.1. The molecule has 1 fully saturated rings. The van der Waals surface area contributed by atoms with Gasteiger partial charge in [-0.05, 0) is 49.6 Å². The van der Waals surface area contributed by atoms with Crippen LogP contribution >= 0.6 is 0 Å². The maximum atomic E-state index is 12.3. The predicted molar refractivity (Wildman–Crippen MR) is 98.8 cm³/mol. The van der Waals surface area contributed by atoms with Gasteiger partial charge in [0.05, 0.1) is 6.61 Å². The quantitative estimate of drug-likeness (QED) is 0.522. The molecule has 5 heteroatoms. The fraction of sp³-hybridized carbons (Fsp3) is 0.600. The van der Waals surface area contributed by atoms with E-state index >= 15 is 0 Å². The lowest BCUT2D eigenvalue weighted by molar-refractivity contribution is -0.130. The lowest BCUT2D eigenvalue weighted by atomic mass is 10.1. The van der Waals surface area contributed by atoms with E-state index in [0.29, 0.717) is 24.6 Å². The minimum atomic E-state index is 0.000421. The highest BCUT2D eigenvalue weighted by Gasteiger charge is 2.25. The molecule has 1 amide bonds. The van der Waals surface area contributed by atoms with Crippen LogP contribution in [0.15, 0.2) is 24.3 Å². The molecule has 2 rings (SSSR count). The summed E-state index contributed by atoms with van der Waals surface area (Å²) in [5, 5.41) is 0. The third kappa shape index (κ3) is 6.16. The van der Waals surface area contributed by atoms with Gasteiger partial charge in [0.25, 0.3) is 0 Å².